The average molecular weight is 385 g/mol. The topological polar surface area (TPSA) is 173 Å². The van der Waals surface area contributed by atoms with Gasteiger partial charge in [0.25, 0.3) is 0 Å². The molecule has 0 heterocycles. The van der Waals surface area contributed by atoms with Crippen molar-refractivity contribution in [2.45, 2.75) is 24.9 Å². The van der Waals surface area contributed by atoms with Gasteiger partial charge in [-0.1, -0.05) is 24.3 Å². The Morgan fingerprint density at radius 3 is 1.22 bits per heavy atom. The Labute approximate surface area is 172 Å². The monoisotopic (exact) mass is 384 g/mol. The third-order valence-corrected chi connectivity index (χ3v) is 3.39. The van der Waals surface area contributed by atoms with Crippen LogP contribution in [-0.4, -0.2) is 57.3 Å². The summed E-state index contributed by atoms with van der Waals surface area (Å²) in [4.78, 5) is 20.6. The van der Waals surface area contributed by atoms with E-state index in [-0.39, 0.29) is 47.4 Å². The van der Waals surface area contributed by atoms with Crippen LogP contribution < -0.4 is 21.7 Å². The van der Waals surface area contributed by atoms with Gasteiger partial charge in [-0.05, 0) is 48.2 Å². The minimum absolute atomic E-state index is 0. The molecule has 0 spiro atoms. The molecule has 0 saturated carbocycles. The zero-order valence-corrected chi connectivity index (χ0v) is 16.0. The molecule has 0 aromatic heterocycles. The van der Waals surface area contributed by atoms with Gasteiger partial charge < -0.3 is 41.5 Å². The minimum Gasteiger partial charge on any atom is -0.548 e. The molecule has 0 unspecified atom stereocenters. The number of phenols is 2. The summed E-state index contributed by atoms with van der Waals surface area (Å²) in [5.41, 5.74) is 12.0. The zero-order chi connectivity index (χ0) is 19.7. The number of aromatic hydroxyl groups is 2. The van der Waals surface area contributed by atoms with Crippen LogP contribution in [0.25, 0.3) is 0 Å². The molecule has 27 heavy (non-hydrogen) atoms. The van der Waals surface area contributed by atoms with E-state index in [4.69, 9.17) is 21.7 Å². The molecule has 2 aromatic rings. The molecule has 0 amide bonds. The summed E-state index contributed by atoms with van der Waals surface area (Å²) in [6.07, 6.45) is 0.422. The zero-order valence-electron chi connectivity index (χ0n) is 14.6. The van der Waals surface area contributed by atoms with Gasteiger partial charge in [0.15, 0.2) is 0 Å². The molecule has 0 aliphatic heterocycles. The fourth-order valence-corrected chi connectivity index (χ4v) is 1.94. The molecule has 9 heteroatoms. The molecular weight excluding hydrogens is 365 g/mol. The van der Waals surface area contributed by atoms with Crippen LogP contribution in [0.4, 0.5) is 0 Å². The second kappa shape index (κ2) is 12.1. The van der Waals surface area contributed by atoms with Crippen molar-refractivity contribution in [3.05, 3.63) is 59.7 Å². The van der Waals surface area contributed by atoms with E-state index < -0.39 is 24.0 Å². The molecule has 0 bridgehead atoms. The molecule has 2 aromatic carbocycles. The summed E-state index contributed by atoms with van der Waals surface area (Å²) < 4.78 is 0. The van der Waals surface area contributed by atoms with E-state index in [9.17, 15) is 19.8 Å². The fraction of sp³-hybridized carbons (Fsp3) is 0.222. The number of hydrogen-bond donors (Lipinski definition) is 4. The van der Waals surface area contributed by atoms with Crippen LogP contribution >= 0.6 is 0 Å². The first-order valence-corrected chi connectivity index (χ1v) is 7.67. The quantitative estimate of drug-likeness (QED) is 0.400. The molecule has 2 atom stereocenters. The van der Waals surface area contributed by atoms with Gasteiger partial charge in [-0.3, -0.25) is 0 Å². The van der Waals surface area contributed by atoms with Gasteiger partial charge in [-0.2, -0.15) is 0 Å². The van der Waals surface area contributed by atoms with E-state index in [2.05, 4.69) is 0 Å². The summed E-state index contributed by atoms with van der Waals surface area (Å²) in [7, 11) is 0. The normalized spacial score (nSPS) is 11.9. The smallest absolute Gasteiger partial charge is 0.548 e. The Bertz CT molecular complexity index is 658. The number of carbonyl (C=O) groups excluding carboxylic acids is 2. The van der Waals surface area contributed by atoms with E-state index in [1.807, 2.05) is 0 Å². The van der Waals surface area contributed by atoms with Gasteiger partial charge in [0.05, 0.1) is 11.9 Å². The van der Waals surface area contributed by atoms with Gasteiger partial charge in [0.1, 0.15) is 11.5 Å². The van der Waals surface area contributed by atoms with Crippen LogP contribution in [0.5, 0.6) is 11.5 Å². The SMILES string of the molecule is N[C@@H](Cc1ccc(O)cc1)C(=O)[O-].N[C@@H](Cc1ccc(O)cc1)C(=O)[O-].[Mg+2]. The minimum atomic E-state index is -1.27. The third kappa shape index (κ3) is 9.80. The average Bonchev–Trinajstić information content (AvgIpc) is 2.59. The van der Waals surface area contributed by atoms with E-state index in [0.29, 0.717) is 0 Å². The Balaban J connectivity index is 0.000000483. The van der Waals surface area contributed by atoms with E-state index in [1.54, 1.807) is 24.3 Å². The molecule has 2 rings (SSSR count). The summed E-state index contributed by atoms with van der Waals surface area (Å²) in [6, 6.07) is 10.4. The van der Waals surface area contributed by atoms with Crippen molar-refractivity contribution < 1.29 is 30.0 Å². The number of carboxylic acid groups (broad SMARTS) is 2. The first-order valence-electron chi connectivity index (χ1n) is 7.67. The van der Waals surface area contributed by atoms with Gasteiger partial charge in [0, 0.05) is 12.1 Å². The Kier molecular flexibility index (Phi) is 11.1. The predicted molar refractivity (Wildman–Crippen MR) is 95.3 cm³/mol. The molecule has 0 radical (unpaired) electrons. The van der Waals surface area contributed by atoms with Crippen LogP contribution in [0.3, 0.4) is 0 Å². The first kappa shape index (κ1) is 24.7. The van der Waals surface area contributed by atoms with E-state index in [0.717, 1.165) is 11.1 Å². The Hall–Kier alpha value is -2.33. The van der Waals surface area contributed by atoms with Gasteiger partial charge in [0.2, 0.25) is 0 Å². The van der Waals surface area contributed by atoms with Crippen LogP contribution in [0.15, 0.2) is 48.5 Å². The van der Waals surface area contributed by atoms with Gasteiger partial charge in [-0.15, -0.1) is 0 Å². The van der Waals surface area contributed by atoms with Gasteiger partial charge in [-0.25, -0.2) is 0 Å². The largest absolute Gasteiger partial charge is 2.00 e. The summed E-state index contributed by atoms with van der Waals surface area (Å²) in [5.74, 6) is -2.25. The Morgan fingerprint density at radius 1 is 0.741 bits per heavy atom. The third-order valence-electron chi connectivity index (χ3n) is 3.39. The van der Waals surface area contributed by atoms with E-state index in [1.165, 1.54) is 24.3 Å². The van der Waals surface area contributed by atoms with Crippen molar-refractivity contribution in [1.82, 2.24) is 0 Å². The summed E-state index contributed by atoms with van der Waals surface area (Å²) >= 11 is 0. The van der Waals surface area contributed by atoms with Crippen molar-refractivity contribution >= 4 is 35.0 Å². The second-order valence-corrected chi connectivity index (χ2v) is 5.59. The number of hydrogen-bond acceptors (Lipinski definition) is 8. The number of carbonyl (C=O) groups is 2. The standard InChI is InChI=1S/2C9H11NO3.Mg/c2*10-8(9(12)13)5-6-1-3-7(11)4-2-6;/h2*1-4,8,11H,5,10H2,(H,12,13);/q;;+2/p-2/t2*8-;/m00./s1. The molecule has 8 nitrogen and oxygen atoms in total. The van der Waals surface area contributed by atoms with Crippen molar-refractivity contribution in [2.75, 3.05) is 0 Å². The molecular formula is C18H20MgN2O6. The molecule has 0 aliphatic carbocycles. The van der Waals surface area contributed by atoms with Crippen molar-refractivity contribution in [1.29, 1.82) is 0 Å². The molecule has 140 valence electrons. The van der Waals surface area contributed by atoms with Gasteiger partial charge >= 0.3 is 23.1 Å². The van der Waals surface area contributed by atoms with E-state index >= 15 is 0 Å². The maximum Gasteiger partial charge on any atom is 2.00 e. The summed E-state index contributed by atoms with van der Waals surface area (Å²) in [5, 5.41) is 38.5. The number of phenolic OH excluding ortho intramolecular Hbond substituents is 2. The first-order chi connectivity index (χ1) is 12.2. The number of aliphatic carboxylic acids is 2. The molecule has 0 fully saturated rings. The number of benzene rings is 2. The van der Waals surface area contributed by atoms with Crippen LogP contribution in [0, 0.1) is 0 Å². The number of nitrogens with two attached hydrogens (primary N) is 2. The van der Waals surface area contributed by atoms with Crippen LogP contribution in [-0.2, 0) is 22.4 Å². The van der Waals surface area contributed by atoms with Crippen LogP contribution in [0.1, 0.15) is 11.1 Å². The summed E-state index contributed by atoms with van der Waals surface area (Å²) in [6.45, 7) is 0. The number of carboxylic acids is 2. The van der Waals surface area contributed by atoms with Crippen molar-refractivity contribution in [3.8, 4) is 11.5 Å². The Morgan fingerprint density at radius 2 is 1.00 bits per heavy atom. The van der Waals surface area contributed by atoms with Crippen LogP contribution in [0.2, 0.25) is 0 Å². The second-order valence-electron chi connectivity index (χ2n) is 5.59. The fourth-order valence-electron chi connectivity index (χ4n) is 1.94. The molecule has 6 N–H and O–H groups in total. The predicted octanol–water partition coefficient (Wildman–Crippen LogP) is -2.36. The maximum atomic E-state index is 10.3. The molecule has 0 saturated heterocycles. The van der Waals surface area contributed by atoms with Crippen molar-refractivity contribution in [3.63, 3.8) is 0 Å². The number of rotatable bonds is 6. The molecule has 0 aliphatic rings. The van der Waals surface area contributed by atoms with Crippen molar-refractivity contribution in [2.24, 2.45) is 11.5 Å². The maximum absolute atomic E-state index is 10.3.